The number of carbonyl (C=O) groups is 1. The van der Waals surface area contributed by atoms with Crippen molar-refractivity contribution in [2.24, 2.45) is 5.73 Å². The fourth-order valence-electron chi connectivity index (χ4n) is 5.08. The Balaban J connectivity index is 1.37. The van der Waals surface area contributed by atoms with Crippen molar-refractivity contribution in [2.45, 2.75) is 36.3 Å². The van der Waals surface area contributed by atoms with Crippen molar-refractivity contribution in [1.82, 2.24) is 15.3 Å². The minimum Gasteiger partial charge on any atom is -0.488 e. The second-order valence-electron chi connectivity index (χ2n) is 11.0. The molecule has 44 heavy (non-hydrogen) atoms. The number of hydrogen-bond donors (Lipinski definition) is 3. The molecule has 1 aliphatic heterocycles. The second kappa shape index (κ2) is 11.0. The summed E-state index contributed by atoms with van der Waals surface area (Å²) in [4.78, 5) is 22.2. The number of aliphatic hydroxyl groups is 1. The molecule has 9 nitrogen and oxygen atoms in total. The minimum absolute atomic E-state index is 0.0434. The van der Waals surface area contributed by atoms with E-state index in [4.69, 9.17) is 19.9 Å². The molecule has 0 radical (unpaired) electrons. The quantitative estimate of drug-likeness (QED) is 0.238. The van der Waals surface area contributed by atoms with E-state index >= 15 is 0 Å². The maximum absolute atomic E-state index is 14.2. The number of nitrogens with two attached hydrogens (primary N) is 1. The van der Waals surface area contributed by atoms with E-state index in [9.17, 15) is 27.5 Å². The molecule has 2 aromatic carbocycles. The molecule has 0 bridgehead atoms. The number of ether oxygens (including phenoxy) is 3. The van der Waals surface area contributed by atoms with Crippen molar-refractivity contribution in [3.8, 4) is 22.8 Å². The highest BCUT2D eigenvalue weighted by Crippen LogP contribution is 2.49. The normalized spacial score (nSPS) is 19.2. The van der Waals surface area contributed by atoms with Gasteiger partial charge in [0.2, 0.25) is 0 Å². The van der Waals surface area contributed by atoms with Crippen LogP contribution in [0, 0.1) is 5.82 Å². The molecule has 1 amide bonds. The summed E-state index contributed by atoms with van der Waals surface area (Å²) in [5.41, 5.74) is 1.08. The molecule has 13 heteroatoms. The van der Waals surface area contributed by atoms with Crippen molar-refractivity contribution in [2.75, 3.05) is 26.9 Å². The standard InChI is InChI=1S/C31H28F4N4O5/c1-42-15-29(41,14-38-28(40)19-11-18-3-2-10-37-25(18)23(12-19)44-21-8-9-21)24-13-22-27(43-16-30(22,36)31(33,34)35)26(39-24)17-4-6-20(32)7-5-17/h2-7,10-13,21,41H,8-9,14-16,36H2,1H3,(H,38,40). The van der Waals surface area contributed by atoms with Gasteiger partial charge in [0.25, 0.3) is 5.91 Å². The van der Waals surface area contributed by atoms with Crippen LogP contribution in [0.2, 0.25) is 0 Å². The molecule has 1 aliphatic carbocycles. The Hall–Kier alpha value is -4.33. The Morgan fingerprint density at radius 2 is 1.93 bits per heavy atom. The number of alkyl halides is 3. The zero-order valence-corrected chi connectivity index (χ0v) is 23.5. The molecule has 1 saturated carbocycles. The summed E-state index contributed by atoms with van der Waals surface area (Å²) in [6.07, 6.45) is -1.47. The van der Waals surface area contributed by atoms with Crippen molar-refractivity contribution >= 4 is 16.8 Å². The lowest BCUT2D eigenvalue weighted by Gasteiger charge is -2.30. The van der Waals surface area contributed by atoms with Crippen LogP contribution in [0.15, 0.2) is 60.8 Å². The Labute approximate surface area is 249 Å². The van der Waals surface area contributed by atoms with Crippen LogP contribution in [-0.4, -0.2) is 60.1 Å². The monoisotopic (exact) mass is 612 g/mol. The summed E-state index contributed by atoms with van der Waals surface area (Å²) < 4.78 is 73.0. The van der Waals surface area contributed by atoms with Gasteiger partial charge in [-0.05, 0) is 61.4 Å². The number of pyridine rings is 2. The van der Waals surface area contributed by atoms with Crippen molar-refractivity contribution in [3.63, 3.8) is 0 Å². The third-order valence-corrected chi connectivity index (χ3v) is 7.67. The molecule has 2 aliphatic rings. The van der Waals surface area contributed by atoms with Gasteiger partial charge in [-0.2, -0.15) is 13.2 Å². The van der Waals surface area contributed by atoms with Crippen LogP contribution >= 0.6 is 0 Å². The van der Waals surface area contributed by atoms with Crippen molar-refractivity contribution in [1.29, 1.82) is 0 Å². The van der Waals surface area contributed by atoms with Gasteiger partial charge >= 0.3 is 6.18 Å². The van der Waals surface area contributed by atoms with Crippen LogP contribution in [0.3, 0.4) is 0 Å². The summed E-state index contributed by atoms with van der Waals surface area (Å²) >= 11 is 0. The Bertz CT molecular complexity index is 1730. The number of hydrogen-bond acceptors (Lipinski definition) is 8. The van der Waals surface area contributed by atoms with Crippen LogP contribution < -0.4 is 20.5 Å². The highest BCUT2D eigenvalue weighted by atomic mass is 19.4. The zero-order valence-electron chi connectivity index (χ0n) is 23.5. The molecule has 2 aromatic heterocycles. The van der Waals surface area contributed by atoms with Crippen LogP contribution in [0.1, 0.15) is 34.5 Å². The smallest absolute Gasteiger partial charge is 0.414 e. The minimum atomic E-state index is -4.92. The topological polar surface area (TPSA) is 129 Å². The van der Waals surface area contributed by atoms with Gasteiger partial charge in [0, 0.05) is 35.4 Å². The Morgan fingerprint density at radius 3 is 2.61 bits per heavy atom. The van der Waals surface area contributed by atoms with Gasteiger partial charge < -0.3 is 30.4 Å². The predicted octanol–water partition coefficient (Wildman–Crippen LogP) is 4.35. The molecule has 4 aromatic rings. The number of fused-ring (bicyclic) bond motifs is 2. The molecule has 1 fully saturated rings. The first kappa shape index (κ1) is 29.7. The fourth-order valence-corrected chi connectivity index (χ4v) is 5.08. The average Bonchev–Trinajstić information content (AvgIpc) is 3.75. The first-order valence-electron chi connectivity index (χ1n) is 13.8. The molecule has 3 heterocycles. The van der Waals surface area contributed by atoms with Crippen LogP contribution in [0.25, 0.3) is 22.2 Å². The van der Waals surface area contributed by atoms with E-state index in [0.717, 1.165) is 31.0 Å². The largest absolute Gasteiger partial charge is 0.488 e. The lowest BCUT2D eigenvalue weighted by Crippen LogP contribution is -2.52. The molecule has 6 rings (SSSR count). The van der Waals surface area contributed by atoms with E-state index in [0.29, 0.717) is 16.7 Å². The third kappa shape index (κ3) is 5.42. The van der Waals surface area contributed by atoms with Gasteiger partial charge in [-0.25, -0.2) is 9.37 Å². The van der Waals surface area contributed by atoms with E-state index < -0.39 is 54.4 Å². The Morgan fingerprint density at radius 1 is 1.18 bits per heavy atom. The van der Waals surface area contributed by atoms with E-state index in [1.807, 2.05) is 0 Å². The SMILES string of the molecule is COCC(O)(CNC(=O)c1cc(OC2CC2)c2ncccc2c1)c1cc2c(c(-c3ccc(F)cc3)n1)OCC2(N)C(F)(F)F. The number of aromatic nitrogens is 2. The van der Waals surface area contributed by atoms with Crippen LogP contribution in [-0.2, 0) is 15.9 Å². The molecule has 230 valence electrons. The van der Waals surface area contributed by atoms with E-state index in [-0.39, 0.29) is 34.4 Å². The maximum atomic E-state index is 14.2. The molecule has 0 spiro atoms. The number of amides is 1. The van der Waals surface area contributed by atoms with Crippen LogP contribution in [0.4, 0.5) is 17.6 Å². The number of halogens is 4. The van der Waals surface area contributed by atoms with Gasteiger partial charge in [0.15, 0.2) is 11.3 Å². The fraction of sp³-hybridized carbons (Fsp3) is 0.323. The number of carbonyl (C=O) groups excluding carboxylic acids is 1. The number of nitrogens with zero attached hydrogens (tertiary/aromatic N) is 2. The van der Waals surface area contributed by atoms with Gasteiger partial charge in [0.05, 0.1) is 24.9 Å². The van der Waals surface area contributed by atoms with Gasteiger partial charge in [-0.15, -0.1) is 0 Å². The van der Waals surface area contributed by atoms with Gasteiger partial charge in [-0.1, -0.05) is 6.07 Å². The molecule has 2 atom stereocenters. The van der Waals surface area contributed by atoms with Gasteiger partial charge in [-0.3, -0.25) is 9.78 Å². The van der Waals surface area contributed by atoms with Gasteiger partial charge in [0.1, 0.15) is 35.0 Å². The zero-order chi connectivity index (χ0) is 31.3. The van der Waals surface area contributed by atoms with E-state index in [1.54, 1.807) is 30.5 Å². The summed E-state index contributed by atoms with van der Waals surface area (Å²) in [5, 5.41) is 15.1. The number of nitrogens with one attached hydrogen (secondary N) is 1. The third-order valence-electron chi connectivity index (χ3n) is 7.67. The van der Waals surface area contributed by atoms with Crippen LogP contribution in [0.5, 0.6) is 11.5 Å². The molecular weight excluding hydrogens is 584 g/mol. The van der Waals surface area contributed by atoms with E-state index in [2.05, 4.69) is 15.3 Å². The molecule has 0 saturated heterocycles. The van der Waals surface area contributed by atoms with Crippen molar-refractivity contribution < 1.29 is 41.7 Å². The number of benzene rings is 2. The lowest BCUT2D eigenvalue weighted by molar-refractivity contribution is -0.191. The summed E-state index contributed by atoms with van der Waals surface area (Å²) in [5.74, 6) is -0.951. The van der Waals surface area contributed by atoms with Crippen molar-refractivity contribution in [3.05, 3.63) is 83.4 Å². The highest BCUT2D eigenvalue weighted by molar-refractivity contribution is 6.00. The molecule has 2 unspecified atom stereocenters. The molecule has 4 N–H and O–H groups in total. The van der Waals surface area contributed by atoms with E-state index in [1.165, 1.54) is 19.2 Å². The predicted molar refractivity (Wildman–Crippen MR) is 151 cm³/mol. The molecular formula is C31H28F4N4O5. The number of methoxy groups -OCH3 is 1. The number of rotatable bonds is 9. The maximum Gasteiger partial charge on any atom is 0.414 e. The second-order valence-corrected chi connectivity index (χ2v) is 11.0. The summed E-state index contributed by atoms with van der Waals surface area (Å²) in [6.45, 7) is -1.88. The summed E-state index contributed by atoms with van der Waals surface area (Å²) in [6, 6.07) is 12.6. The highest BCUT2D eigenvalue weighted by Gasteiger charge is 2.59. The average molecular weight is 613 g/mol. The first-order chi connectivity index (χ1) is 20.9. The Kier molecular flexibility index (Phi) is 7.42. The lowest BCUT2D eigenvalue weighted by atomic mass is 9.88. The summed E-state index contributed by atoms with van der Waals surface area (Å²) in [7, 11) is 1.28. The first-order valence-corrected chi connectivity index (χ1v) is 13.8.